The van der Waals surface area contributed by atoms with Crippen LogP contribution in [0.15, 0.2) is 36.9 Å². The lowest BCUT2D eigenvalue weighted by molar-refractivity contribution is 0.103. The van der Waals surface area contributed by atoms with Gasteiger partial charge in [-0.25, -0.2) is 0 Å². The maximum absolute atomic E-state index is 8.53. The van der Waals surface area contributed by atoms with Crippen molar-refractivity contribution in [3.05, 3.63) is 42.5 Å². The minimum absolute atomic E-state index is 0.435. The maximum atomic E-state index is 8.53. The molecular formula is C14H17NO2. The number of ether oxygens (including phenoxy) is 2. The van der Waals surface area contributed by atoms with Gasteiger partial charge in [-0.05, 0) is 24.1 Å². The summed E-state index contributed by atoms with van der Waals surface area (Å²) in [7, 11) is 0. The second kappa shape index (κ2) is 8.37. The molecule has 0 heterocycles. The normalized spacial score (nSPS) is 9.59. The predicted molar refractivity (Wildman–Crippen MR) is 66.9 cm³/mol. The van der Waals surface area contributed by atoms with Crippen molar-refractivity contribution in [2.75, 3.05) is 19.8 Å². The average Bonchev–Trinajstić information content (AvgIpc) is 2.36. The highest BCUT2D eigenvalue weighted by atomic mass is 16.5. The molecule has 3 nitrogen and oxygen atoms in total. The zero-order chi connectivity index (χ0) is 12.3. The summed E-state index contributed by atoms with van der Waals surface area (Å²) in [5.74, 6) is 0.805. The van der Waals surface area contributed by atoms with Crippen molar-refractivity contribution in [1.29, 1.82) is 5.26 Å². The SMILES string of the molecule is C=CCCOCCOc1ccc(CC#N)cc1. The summed E-state index contributed by atoms with van der Waals surface area (Å²) < 4.78 is 10.8. The molecule has 0 fully saturated rings. The summed E-state index contributed by atoms with van der Waals surface area (Å²) >= 11 is 0. The summed E-state index contributed by atoms with van der Waals surface area (Å²) in [6, 6.07) is 9.65. The smallest absolute Gasteiger partial charge is 0.119 e. The minimum Gasteiger partial charge on any atom is -0.491 e. The quantitative estimate of drug-likeness (QED) is 0.510. The molecule has 1 aromatic rings. The lowest BCUT2D eigenvalue weighted by Gasteiger charge is -2.06. The maximum Gasteiger partial charge on any atom is 0.119 e. The summed E-state index contributed by atoms with van der Waals surface area (Å²) in [6.45, 7) is 5.42. The lowest BCUT2D eigenvalue weighted by Crippen LogP contribution is -2.07. The van der Waals surface area contributed by atoms with Crippen LogP contribution in [0.3, 0.4) is 0 Å². The first-order chi connectivity index (χ1) is 8.36. The first-order valence-electron chi connectivity index (χ1n) is 5.64. The molecule has 0 aliphatic carbocycles. The molecule has 0 aliphatic rings. The molecule has 0 N–H and O–H groups in total. The van der Waals surface area contributed by atoms with E-state index in [0.29, 0.717) is 26.2 Å². The van der Waals surface area contributed by atoms with Crippen LogP contribution >= 0.6 is 0 Å². The van der Waals surface area contributed by atoms with Crippen molar-refractivity contribution in [3.63, 3.8) is 0 Å². The van der Waals surface area contributed by atoms with E-state index in [0.717, 1.165) is 17.7 Å². The van der Waals surface area contributed by atoms with Crippen molar-refractivity contribution in [2.45, 2.75) is 12.8 Å². The molecule has 0 saturated heterocycles. The van der Waals surface area contributed by atoms with Gasteiger partial charge in [0, 0.05) is 0 Å². The number of rotatable bonds is 8. The van der Waals surface area contributed by atoms with Crippen molar-refractivity contribution < 1.29 is 9.47 Å². The minimum atomic E-state index is 0.435. The highest BCUT2D eigenvalue weighted by Crippen LogP contribution is 2.12. The van der Waals surface area contributed by atoms with E-state index in [-0.39, 0.29) is 0 Å². The van der Waals surface area contributed by atoms with Crippen LogP contribution in [-0.2, 0) is 11.2 Å². The molecule has 0 atom stereocenters. The molecule has 1 rings (SSSR count). The van der Waals surface area contributed by atoms with Gasteiger partial charge in [0.2, 0.25) is 0 Å². The topological polar surface area (TPSA) is 42.2 Å². The fourth-order valence-electron chi connectivity index (χ4n) is 1.28. The van der Waals surface area contributed by atoms with E-state index in [1.165, 1.54) is 0 Å². The van der Waals surface area contributed by atoms with E-state index < -0.39 is 0 Å². The van der Waals surface area contributed by atoms with Crippen molar-refractivity contribution in [2.24, 2.45) is 0 Å². The molecule has 0 amide bonds. The van der Waals surface area contributed by atoms with E-state index in [2.05, 4.69) is 12.6 Å². The zero-order valence-electron chi connectivity index (χ0n) is 9.89. The molecule has 0 unspecified atom stereocenters. The number of hydrogen-bond donors (Lipinski definition) is 0. The van der Waals surface area contributed by atoms with Gasteiger partial charge in [-0.1, -0.05) is 18.2 Å². The van der Waals surface area contributed by atoms with Crippen LogP contribution in [0.1, 0.15) is 12.0 Å². The summed E-state index contributed by atoms with van der Waals surface area (Å²) in [4.78, 5) is 0. The van der Waals surface area contributed by atoms with Crippen LogP contribution in [0.4, 0.5) is 0 Å². The predicted octanol–water partition coefficient (Wildman–Crippen LogP) is 2.72. The largest absolute Gasteiger partial charge is 0.491 e. The Kier molecular flexibility index (Phi) is 6.54. The first-order valence-corrected chi connectivity index (χ1v) is 5.64. The Balaban J connectivity index is 2.19. The van der Waals surface area contributed by atoms with Gasteiger partial charge in [-0.2, -0.15) is 5.26 Å². The number of benzene rings is 1. The van der Waals surface area contributed by atoms with Gasteiger partial charge in [0.25, 0.3) is 0 Å². The van der Waals surface area contributed by atoms with Gasteiger partial charge >= 0.3 is 0 Å². The molecule has 17 heavy (non-hydrogen) atoms. The van der Waals surface area contributed by atoms with Crippen LogP contribution < -0.4 is 4.74 Å². The highest BCUT2D eigenvalue weighted by Gasteiger charge is 1.95. The van der Waals surface area contributed by atoms with Gasteiger partial charge in [-0.15, -0.1) is 6.58 Å². The Bertz CT molecular complexity index is 365. The Morgan fingerprint density at radius 1 is 1.18 bits per heavy atom. The fourth-order valence-corrected chi connectivity index (χ4v) is 1.28. The third-order valence-electron chi connectivity index (χ3n) is 2.17. The highest BCUT2D eigenvalue weighted by molar-refractivity contribution is 5.28. The fraction of sp³-hybridized carbons (Fsp3) is 0.357. The molecule has 90 valence electrons. The van der Waals surface area contributed by atoms with Gasteiger partial charge in [0.1, 0.15) is 12.4 Å². The molecule has 0 spiro atoms. The summed E-state index contributed by atoms with van der Waals surface area (Å²) in [5, 5.41) is 8.53. The van der Waals surface area contributed by atoms with Crippen LogP contribution in [0.2, 0.25) is 0 Å². The van der Waals surface area contributed by atoms with E-state index >= 15 is 0 Å². The Morgan fingerprint density at radius 3 is 2.59 bits per heavy atom. The summed E-state index contributed by atoms with van der Waals surface area (Å²) in [6.07, 6.45) is 3.13. The van der Waals surface area contributed by atoms with Gasteiger partial charge < -0.3 is 9.47 Å². The standard InChI is InChI=1S/C14H17NO2/c1-2-3-10-16-11-12-17-14-6-4-13(5-7-14)8-9-15/h2,4-7H,1,3,8,10-12H2. The second-order valence-electron chi connectivity index (χ2n) is 3.52. The Labute approximate surface area is 102 Å². The van der Waals surface area contributed by atoms with Crippen LogP contribution in [-0.4, -0.2) is 19.8 Å². The number of nitriles is 1. The van der Waals surface area contributed by atoms with Gasteiger partial charge in [0.15, 0.2) is 0 Å². The van der Waals surface area contributed by atoms with E-state index in [1.54, 1.807) is 0 Å². The zero-order valence-corrected chi connectivity index (χ0v) is 9.89. The van der Waals surface area contributed by atoms with Crippen LogP contribution in [0, 0.1) is 11.3 Å². The third kappa shape index (κ3) is 5.74. The monoisotopic (exact) mass is 231 g/mol. The number of nitrogens with zero attached hydrogens (tertiary/aromatic N) is 1. The van der Waals surface area contributed by atoms with Crippen molar-refractivity contribution in [3.8, 4) is 11.8 Å². The number of hydrogen-bond acceptors (Lipinski definition) is 3. The molecular weight excluding hydrogens is 214 g/mol. The van der Waals surface area contributed by atoms with Crippen LogP contribution in [0.5, 0.6) is 5.75 Å². The first kappa shape index (κ1) is 13.3. The van der Waals surface area contributed by atoms with E-state index in [9.17, 15) is 0 Å². The molecule has 3 heteroatoms. The Hall–Kier alpha value is -1.79. The Morgan fingerprint density at radius 2 is 1.94 bits per heavy atom. The molecule has 0 radical (unpaired) electrons. The van der Waals surface area contributed by atoms with Crippen LogP contribution in [0.25, 0.3) is 0 Å². The molecule has 0 saturated carbocycles. The molecule has 0 aromatic heterocycles. The second-order valence-corrected chi connectivity index (χ2v) is 3.52. The van der Waals surface area contributed by atoms with Crippen molar-refractivity contribution in [1.82, 2.24) is 0 Å². The van der Waals surface area contributed by atoms with E-state index in [1.807, 2.05) is 30.3 Å². The molecule has 0 aliphatic heterocycles. The molecule has 1 aromatic carbocycles. The third-order valence-corrected chi connectivity index (χ3v) is 2.17. The van der Waals surface area contributed by atoms with Gasteiger partial charge in [0.05, 0.1) is 25.7 Å². The molecule has 0 bridgehead atoms. The lowest BCUT2D eigenvalue weighted by atomic mass is 10.2. The van der Waals surface area contributed by atoms with E-state index in [4.69, 9.17) is 14.7 Å². The van der Waals surface area contributed by atoms with Gasteiger partial charge in [-0.3, -0.25) is 0 Å². The van der Waals surface area contributed by atoms with Crippen molar-refractivity contribution >= 4 is 0 Å². The average molecular weight is 231 g/mol. The summed E-state index contributed by atoms with van der Waals surface area (Å²) in [5.41, 5.74) is 1.00.